The number of hydrogen-bond donors (Lipinski definition) is 0. The van der Waals surface area contributed by atoms with Crippen molar-refractivity contribution in [1.82, 2.24) is 0 Å². The second-order valence-corrected chi connectivity index (χ2v) is 5.75. The van der Waals surface area contributed by atoms with Gasteiger partial charge < -0.3 is 18.9 Å². The SMILES string of the molecule is C=CCS[C@@H]1OC[C@@H](OC(C)=O)[C@H](OC(C)=O)[C@H]1OC(C)=O. The van der Waals surface area contributed by atoms with Gasteiger partial charge in [0.15, 0.2) is 18.3 Å². The standard InChI is InChI=1S/C14H20O7S/c1-5-6-22-14-13(21-10(4)17)12(20-9(3)16)11(7-18-14)19-8(2)15/h5,11-14H,1,6-7H2,2-4H3/t11-,12+,13-,14+/m1/s1. The Balaban J connectivity index is 2.97. The summed E-state index contributed by atoms with van der Waals surface area (Å²) in [5.41, 5.74) is -0.543. The molecule has 1 fully saturated rings. The van der Waals surface area contributed by atoms with Gasteiger partial charge in [0, 0.05) is 26.5 Å². The monoisotopic (exact) mass is 332 g/mol. The first kappa shape index (κ1) is 18.5. The minimum absolute atomic E-state index is 0.0457. The summed E-state index contributed by atoms with van der Waals surface area (Å²) in [5.74, 6) is -1.08. The molecule has 0 bridgehead atoms. The average molecular weight is 332 g/mol. The summed E-state index contributed by atoms with van der Waals surface area (Å²) < 4.78 is 21.2. The Morgan fingerprint density at radius 1 is 1.09 bits per heavy atom. The van der Waals surface area contributed by atoms with Gasteiger partial charge >= 0.3 is 17.9 Å². The van der Waals surface area contributed by atoms with Crippen LogP contribution in [-0.2, 0) is 33.3 Å². The van der Waals surface area contributed by atoms with Crippen molar-refractivity contribution in [2.24, 2.45) is 0 Å². The Hall–Kier alpha value is -1.54. The van der Waals surface area contributed by atoms with E-state index in [1.165, 1.54) is 32.5 Å². The molecule has 0 N–H and O–H groups in total. The smallest absolute Gasteiger partial charge is 0.303 e. The van der Waals surface area contributed by atoms with Crippen molar-refractivity contribution < 1.29 is 33.3 Å². The second-order valence-electron chi connectivity index (χ2n) is 4.62. The van der Waals surface area contributed by atoms with Crippen LogP contribution in [0.25, 0.3) is 0 Å². The summed E-state index contributed by atoms with van der Waals surface area (Å²) in [7, 11) is 0. The summed E-state index contributed by atoms with van der Waals surface area (Å²) in [6.07, 6.45) is -0.935. The molecule has 1 rings (SSSR count). The molecule has 22 heavy (non-hydrogen) atoms. The Kier molecular flexibility index (Phi) is 7.40. The predicted octanol–water partition coefficient (Wildman–Crippen LogP) is 1.06. The predicted molar refractivity (Wildman–Crippen MR) is 79.1 cm³/mol. The molecule has 0 aromatic carbocycles. The first-order valence-electron chi connectivity index (χ1n) is 6.71. The maximum absolute atomic E-state index is 11.3. The zero-order valence-electron chi connectivity index (χ0n) is 12.8. The highest BCUT2D eigenvalue weighted by atomic mass is 32.2. The molecule has 0 aromatic heterocycles. The minimum Gasteiger partial charge on any atom is -0.456 e. The number of thioether (sulfide) groups is 1. The highest BCUT2D eigenvalue weighted by molar-refractivity contribution is 7.99. The molecule has 1 aliphatic rings. The van der Waals surface area contributed by atoms with E-state index in [4.69, 9.17) is 18.9 Å². The highest BCUT2D eigenvalue weighted by Gasteiger charge is 2.46. The number of carbonyl (C=O) groups is 3. The number of rotatable bonds is 6. The van der Waals surface area contributed by atoms with Crippen LogP contribution < -0.4 is 0 Å². The lowest BCUT2D eigenvalue weighted by molar-refractivity contribution is -0.213. The lowest BCUT2D eigenvalue weighted by Crippen LogP contribution is -2.56. The van der Waals surface area contributed by atoms with Crippen molar-refractivity contribution in [3.05, 3.63) is 12.7 Å². The number of esters is 3. The van der Waals surface area contributed by atoms with E-state index in [1.54, 1.807) is 6.08 Å². The maximum atomic E-state index is 11.3. The van der Waals surface area contributed by atoms with Crippen LogP contribution in [0.3, 0.4) is 0 Å². The van der Waals surface area contributed by atoms with Gasteiger partial charge in [0.25, 0.3) is 0 Å². The number of carbonyl (C=O) groups excluding carboxylic acids is 3. The third-order valence-corrected chi connectivity index (χ3v) is 3.84. The molecule has 0 aromatic rings. The third-order valence-electron chi connectivity index (χ3n) is 2.68. The van der Waals surface area contributed by atoms with E-state index in [9.17, 15) is 14.4 Å². The Labute approximate surface area is 133 Å². The number of ether oxygens (including phenoxy) is 4. The fourth-order valence-electron chi connectivity index (χ4n) is 2.01. The molecule has 0 unspecified atom stereocenters. The summed E-state index contributed by atoms with van der Waals surface area (Å²) in [5, 5.41) is 0. The molecule has 7 nitrogen and oxygen atoms in total. The number of hydrogen-bond acceptors (Lipinski definition) is 8. The lowest BCUT2D eigenvalue weighted by Gasteiger charge is -2.40. The summed E-state index contributed by atoms with van der Waals surface area (Å²) in [6.45, 7) is 7.38. The van der Waals surface area contributed by atoms with Crippen LogP contribution in [0.4, 0.5) is 0 Å². The molecule has 4 atom stereocenters. The largest absolute Gasteiger partial charge is 0.456 e. The normalized spacial score (nSPS) is 27.6. The van der Waals surface area contributed by atoms with Gasteiger partial charge in [-0.25, -0.2) is 0 Å². The second kappa shape index (κ2) is 8.79. The first-order valence-corrected chi connectivity index (χ1v) is 7.75. The van der Waals surface area contributed by atoms with E-state index in [1.807, 2.05) is 0 Å². The molecular weight excluding hydrogens is 312 g/mol. The van der Waals surface area contributed by atoms with E-state index in [0.29, 0.717) is 5.75 Å². The van der Waals surface area contributed by atoms with Gasteiger partial charge in [-0.2, -0.15) is 0 Å². The van der Waals surface area contributed by atoms with Gasteiger partial charge in [0.05, 0.1) is 6.61 Å². The molecule has 0 aliphatic carbocycles. The molecule has 0 spiro atoms. The highest BCUT2D eigenvalue weighted by Crippen LogP contribution is 2.30. The molecule has 1 saturated heterocycles. The van der Waals surface area contributed by atoms with Crippen LogP contribution in [0.2, 0.25) is 0 Å². The molecule has 8 heteroatoms. The van der Waals surface area contributed by atoms with Gasteiger partial charge in [-0.1, -0.05) is 6.08 Å². The van der Waals surface area contributed by atoms with Crippen molar-refractivity contribution in [2.75, 3.05) is 12.4 Å². The molecular formula is C14H20O7S. The van der Waals surface area contributed by atoms with Gasteiger partial charge in [0.1, 0.15) is 5.44 Å². The maximum Gasteiger partial charge on any atom is 0.303 e. The quantitative estimate of drug-likeness (QED) is 0.405. The minimum atomic E-state index is -0.915. The van der Waals surface area contributed by atoms with E-state index in [0.717, 1.165) is 0 Å². The van der Waals surface area contributed by atoms with Gasteiger partial charge in [-0.3, -0.25) is 14.4 Å². The van der Waals surface area contributed by atoms with Crippen LogP contribution in [0.5, 0.6) is 0 Å². The molecule has 0 amide bonds. The fraction of sp³-hybridized carbons (Fsp3) is 0.643. The van der Waals surface area contributed by atoms with Gasteiger partial charge in [-0.05, 0) is 0 Å². The van der Waals surface area contributed by atoms with E-state index >= 15 is 0 Å². The Bertz CT molecular complexity index is 437. The fourth-order valence-corrected chi connectivity index (χ4v) is 2.92. The lowest BCUT2D eigenvalue weighted by atomic mass is 10.1. The van der Waals surface area contributed by atoms with Crippen molar-refractivity contribution >= 4 is 29.7 Å². The van der Waals surface area contributed by atoms with Crippen molar-refractivity contribution in [1.29, 1.82) is 0 Å². The molecule has 124 valence electrons. The zero-order chi connectivity index (χ0) is 16.7. The summed E-state index contributed by atoms with van der Waals surface area (Å²) >= 11 is 1.35. The topological polar surface area (TPSA) is 88.1 Å². The average Bonchev–Trinajstić information content (AvgIpc) is 2.40. The van der Waals surface area contributed by atoms with Crippen molar-refractivity contribution in [2.45, 2.75) is 44.5 Å². The van der Waals surface area contributed by atoms with E-state index < -0.39 is 41.7 Å². The van der Waals surface area contributed by atoms with Crippen LogP contribution >= 0.6 is 11.8 Å². The van der Waals surface area contributed by atoms with Crippen LogP contribution in [0.15, 0.2) is 12.7 Å². The first-order chi connectivity index (χ1) is 10.3. The van der Waals surface area contributed by atoms with Gasteiger partial charge in [-0.15, -0.1) is 18.3 Å². The van der Waals surface area contributed by atoms with Crippen LogP contribution in [0, 0.1) is 0 Å². The van der Waals surface area contributed by atoms with Crippen molar-refractivity contribution in [3.8, 4) is 0 Å². The van der Waals surface area contributed by atoms with Crippen molar-refractivity contribution in [3.63, 3.8) is 0 Å². The summed E-state index contributed by atoms with van der Waals surface area (Å²) in [4.78, 5) is 33.8. The van der Waals surface area contributed by atoms with Crippen LogP contribution in [0.1, 0.15) is 20.8 Å². The Morgan fingerprint density at radius 3 is 2.14 bits per heavy atom. The van der Waals surface area contributed by atoms with Gasteiger partial charge in [0.2, 0.25) is 0 Å². The zero-order valence-corrected chi connectivity index (χ0v) is 13.6. The Morgan fingerprint density at radius 2 is 1.64 bits per heavy atom. The van der Waals surface area contributed by atoms with Crippen LogP contribution in [-0.4, -0.2) is 54.0 Å². The van der Waals surface area contributed by atoms with E-state index in [-0.39, 0.29) is 6.61 Å². The molecule has 0 radical (unpaired) electrons. The third kappa shape index (κ3) is 5.69. The summed E-state index contributed by atoms with van der Waals surface area (Å²) in [6, 6.07) is 0. The molecule has 1 aliphatic heterocycles. The van der Waals surface area contributed by atoms with E-state index in [2.05, 4.69) is 6.58 Å². The molecule has 0 saturated carbocycles. The molecule has 1 heterocycles.